The molecule has 1 aromatic carbocycles. The number of nitrogens with one attached hydrogen (secondary N) is 1. The van der Waals surface area contributed by atoms with E-state index in [1.165, 1.54) is 0 Å². The van der Waals surface area contributed by atoms with E-state index in [4.69, 9.17) is 14.2 Å². The molecule has 2 aliphatic heterocycles. The lowest BCUT2D eigenvalue weighted by molar-refractivity contribution is 0.0254. The van der Waals surface area contributed by atoms with E-state index in [0.29, 0.717) is 30.6 Å². The maximum Gasteiger partial charge on any atom is 0.138 e. The Kier molecular flexibility index (Phi) is 5.94. The number of aromatic nitrogens is 4. The molecule has 2 fully saturated rings. The van der Waals surface area contributed by atoms with Crippen LogP contribution in [0.2, 0.25) is 0 Å². The first-order valence-corrected chi connectivity index (χ1v) is 12.2. The van der Waals surface area contributed by atoms with Crippen LogP contribution >= 0.6 is 0 Å². The number of rotatable bonds is 5. The fourth-order valence-electron chi connectivity index (χ4n) is 4.92. The van der Waals surface area contributed by atoms with E-state index in [1.807, 2.05) is 35.1 Å². The summed E-state index contributed by atoms with van der Waals surface area (Å²) < 4.78 is 19.1. The van der Waals surface area contributed by atoms with Crippen LogP contribution in [0, 0.1) is 11.3 Å². The zero-order valence-corrected chi connectivity index (χ0v) is 19.4. The van der Waals surface area contributed by atoms with Crippen LogP contribution < -0.4 is 4.74 Å². The summed E-state index contributed by atoms with van der Waals surface area (Å²) in [7, 11) is 0. The number of pyridine rings is 1. The highest BCUT2D eigenvalue weighted by Crippen LogP contribution is 2.34. The van der Waals surface area contributed by atoms with Gasteiger partial charge in [-0.05, 0) is 48.2 Å². The third-order valence-corrected chi connectivity index (χ3v) is 6.88. The van der Waals surface area contributed by atoms with Gasteiger partial charge in [-0.15, -0.1) is 0 Å². The molecule has 2 aliphatic rings. The molecule has 0 atom stereocenters. The normalized spacial score (nSPS) is 17.5. The van der Waals surface area contributed by atoms with Gasteiger partial charge in [0.25, 0.3) is 0 Å². The van der Waals surface area contributed by atoms with Gasteiger partial charge in [0, 0.05) is 49.4 Å². The minimum Gasteiger partial charge on any atom is -0.489 e. The zero-order valence-electron chi connectivity index (χ0n) is 19.4. The molecule has 0 bridgehead atoms. The van der Waals surface area contributed by atoms with Crippen LogP contribution in [0.15, 0.2) is 48.9 Å². The van der Waals surface area contributed by atoms with Gasteiger partial charge < -0.3 is 19.2 Å². The third-order valence-electron chi connectivity index (χ3n) is 6.88. The third kappa shape index (κ3) is 4.41. The molecule has 178 valence electrons. The van der Waals surface area contributed by atoms with Crippen molar-refractivity contribution >= 4 is 11.0 Å². The molecule has 0 aliphatic carbocycles. The Balaban J connectivity index is 1.30. The van der Waals surface area contributed by atoms with E-state index < -0.39 is 0 Å². The number of H-pyrrole nitrogens is 1. The van der Waals surface area contributed by atoms with Crippen molar-refractivity contribution < 1.29 is 14.2 Å². The summed E-state index contributed by atoms with van der Waals surface area (Å²) in [4.78, 5) is 7.99. The number of ether oxygens (including phenoxy) is 3. The van der Waals surface area contributed by atoms with Crippen LogP contribution in [0.5, 0.6) is 5.75 Å². The maximum absolute atomic E-state index is 9.80. The fourth-order valence-corrected chi connectivity index (χ4v) is 4.92. The number of hydrogen-bond donors (Lipinski definition) is 1. The van der Waals surface area contributed by atoms with Gasteiger partial charge in [-0.3, -0.25) is 4.68 Å². The number of nitrogens with zero attached hydrogens (tertiary/aromatic N) is 4. The summed E-state index contributed by atoms with van der Waals surface area (Å²) in [6, 6.07) is 12.6. The molecule has 0 amide bonds. The Morgan fingerprint density at radius 2 is 1.80 bits per heavy atom. The van der Waals surface area contributed by atoms with Crippen LogP contribution in [0.4, 0.5) is 0 Å². The monoisotopic (exact) mass is 469 g/mol. The zero-order chi connectivity index (χ0) is 23.6. The molecule has 0 unspecified atom stereocenters. The summed E-state index contributed by atoms with van der Waals surface area (Å²) in [5.41, 5.74) is 5.31. The SMILES string of the molecule is N#Cc1cc(-c2ccnc3[nH]c(-c4cnn(C5CCOCC5)c4)cc23)ccc1OC1CCOCC1. The smallest absolute Gasteiger partial charge is 0.138 e. The Labute approximate surface area is 203 Å². The van der Waals surface area contributed by atoms with Crippen molar-refractivity contribution in [3.8, 4) is 34.2 Å². The van der Waals surface area contributed by atoms with Crippen LogP contribution in [-0.2, 0) is 9.47 Å². The molecule has 2 saturated heterocycles. The van der Waals surface area contributed by atoms with Crippen LogP contribution in [-0.4, -0.2) is 52.3 Å². The molecule has 6 rings (SSSR count). The van der Waals surface area contributed by atoms with E-state index in [0.717, 1.165) is 72.3 Å². The van der Waals surface area contributed by atoms with Crippen LogP contribution in [0.3, 0.4) is 0 Å². The van der Waals surface area contributed by atoms with Crippen molar-refractivity contribution in [1.82, 2.24) is 19.7 Å². The molecule has 4 aromatic rings. The van der Waals surface area contributed by atoms with Gasteiger partial charge in [0.2, 0.25) is 0 Å². The lowest BCUT2D eigenvalue weighted by Crippen LogP contribution is -2.26. The molecule has 0 radical (unpaired) electrons. The first-order chi connectivity index (χ1) is 17.3. The summed E-state index contributed by atoms with van der Waals surface area (Å²) in [6.45, 7) is 2.96. The molecule has 3 aromatic heterocycles. The molecular weight excluding hydrogens is 442 g/mol. The van der Waals surface area contributed by atoms with Crippen molar-refractivity contribution in [2.24, 2.45) is 0 Å². The molecule has 1 N–H and O–H groups in total. The molecular formula is C27H27N5O3. The lowest BCUT2D eigenvalue weighted by Gasteiger charge is -2.23. The first kappa shape index (κ1) is 21.8. The molecule has 8 nitrogen and oxygen atoms in total. The van der Waals surface area contributed by atoms with Gasteiger partial charge in [-0.2, -0.15) is 10.4 Å². The Morgan fingerprint density at radius 1 is 1.00 bits per heavy atom. The van der Waals surface area contributed by atoms with E-state index in [1.54, 1.807) is 6.20 Å². The number of nitriles is 1. The topological polar surface area (TPSA) is 98.0 Å². The molecule has 0 saturated carbocycles. The number of aromatic amines is 1. The van der Waals surface area contributed by atoms with Crippen molar-refractivity contribution in [3.05, 3.63) is 54.5 Å². The van der Waals surface area contributed by atoms with E-state index >= 15 is 0 Å². The van der Waals surface area contributed by atoms with Crippen molar-refractivity contribution in [1.29, 1.82) is 5.26 Å². The van der Waals surface area contributed by atoms with Gasteiger partial charge in [-0.25, -0.2) is 4.98 Å². The second-order valence-electron chi connectivity index (χ2n) is 9.11. The predicted octanol–water partition coefficient (Wildman–Crippen LogP) is 4.87. The quantitative estimate of drug-likeness (QED) is 0.448. The van der Waals surface area contributed by atoms with E-state index in [2.05, 4.69) is 33.4 Å². The number of hydrogen-bond acceptors (Lipinski definition) is 6. The Bertz CT molecular complexity index is 1370. The van der Waals surface area contributed by atoms with Gasteiger partial charge >= 0.3 is 0 Å². The van der Waals surface area contributed by atoms with Crippen molar-refractivity contribution in [3.63, 3.8) is 0 Å². The minimum atomic E-state index is 0.0867. The van der Waals surface area contributed by atoms with Crippen molar-refractivity contribution in [2.45, 2.75) is 37.8 Å². The van der Waals surface area contributed by atoms with E-state index in [9.17, 15) is 5.26 Å². The standard InChI is InChI=1S/C27H27N5O3/c28-15-19-13-18(1-2-26(19)35-22-6-11-34-12-7-22)23-3-8-29-27-24(23)14-25(31-27)20-16-30-32(17-20)21-4-9-33-10-5-21/h1-3,8,13-14,16-17,21-22H,4-7,9-12H2,(H,29,31). The highest BCUT2D eigenvalue weighted by Gasteiger charge is 2.19. The first-order valence-electron chi connectivity index (χ1n) is 12.2. The fraction of sp³-hybridized carbons (Fsp3) is 0.370. The second kappa shape index (κ2) is 9.53. The summed E-state index contributed by atoms with van der Waals surface area (Å²) in [5, 5.41) is 15.4. The van der Waals surface area contributed by atoms with E-state index in [-0.39, 0.29) is 6.10 Å². The average Bonchev–Trinajstić information content (AvgIpc) is 3.58. The van der Waals surface area contributed by atoms with Gasteiger partial charge in [0.1, 0.15) is 23.6 Å². The highest BCUT2D eigenvalue weighted by atomic mass is 16.5. The summed E-state index contributed by atoms with van der Waals surface area (Å²) in [5.74, 6) is 0.628. The summed E-state index contributed by atoms with van der Waals surface area (Å²) in [6.07, 6.45) is 9.52. The largest absolute Gasteiger partial charge is 0.489 e. The summed E-state index contributed by atoms with van der Waals surface area (Å²) >= 11 is 0. The van der Waals surface area contributed by atoms with Crippen molar-refractivity contribution in [2.75, 3.05) is 26.4 Å². The molecule has 5 heterocycles. The minimum absolute atomic E-state index is 0.0867. The van der Waals surface area contributed by atoms with Gasteiger partial charge in [0.15, 0.2) is 0 Å². The predicted molar refractivity (Wildman–Crippen MR) is 131 cm³/mol. The highest BCUT2D eigenvalue weighted by molar-refractivity contribution is 5.96. The van der Waals surface area contributed by atoms with Gasteiger partial charge in [0.05, 0.1) is 36.7 Å². The van der Waals surface area contributed by atoms with Crippen LogP contribution in [0.1, 0.15) is 37.3 Å². The number of benzene rings is 1. The lowest BCUT2D eigenvalue weighted by atomic mass is 10.0. The number of fused-ring (bicyclic) bond motifs is 1. The molecule has 35 heavy (non-hydrogen) atoms. The Hall–Kier alpha value is -3.67. The average molecular weight is 470 g/mol. The molecule has 8 heteroatoms. The van der Waals surface area contributed by atoms with Crippen LogP contribution in [0.25, 0.3) is 33.4 Å². The molecule has 0 spiro atoms. The van der Waals surface area contributed by atoms with Gasteiger partial charge in [-0.1, -0.05) is 6.07 Å². The Morgan fingerprint density at radius 3 is 2.60 bits per heavy atom. The second-order valence-corrected chi connectivity index (χ2v) is 9.11. The maximum atomic E-state index is 9.80.